The number of carbonyl (C=O) groups is 1. The number of rotatable bonds is 5. The fourth-order valence-electron chi connectivity index (χ4n) is 0.905. The van der Waals surface area contributed by atoms with Crippen molar-refractivity contribution in [1.82, 2.24) is 10.3 Å². The largest absolute Gasteiger partial charge is 0.480 e. The Labute approximate surface area is 81.1 Å². The molecule has 0 aliphatic carbocycles. The van der Waals surface area contributed by atoms with Crippen molar-refractivity contribution >= 4 is 5.97 Å². The summed E-state index contributed by atoms with van der Waals surface area (Å²) < 4.78 is 5.16. The van der Waals surface area contributed by atoms with Crippen molar-refractivity contribution in [1.29, 1.82) is 0 Å². The van der Waals surface area contributed by atoms with Gasteiger partial charge in [0.2, 0.25) is 5.89 Å². The number of oxazole rings is 1. The summed E-state index contributed by atoms with van der Waals surface area (Å²) in [6.07, 6.45) is 1.61. The second-order valence-corrected chi connectivity index (χ2v) is 2.94. The minimum Gasteiger partial charge on any atom is -0.480 e. The molecule has 1 unspecified atom stereocenters. The Morgan fingerprint density at radius 3 is 3.07 bits per heavy atom. The second kappa shape index (κ2) is 4.73. The minimum absolute atomic E-state index is 0.191. The standard InChI is InChI=1S/C8H13N3O3/c1-5-2-11-7(14-5)4-10-3-6(9)8(12)13/h2,6,10H,3-4,9H2,1H3,(H,12,13). The Balaban J connectivity index is 2.25. The van der Waals surface area contributed by atoms with E-state index < -0.39 is 12.0 Å². The van der Waals surface area contributed by atoms with Gasteiger partial charge in [0.1, 0.15) is 11.8 Å². The third-order valence-corrected chi connectivity index (χ3v) is 1.63. The molecule has 0 saturated heterocycles. The number of aliphatic carboxylic acids is 1. The molecule has 0 spiro atoms. The number of hydrogen-bond acceptors (Lipinski definition) is 5. The molecular weight excluding hydrogens is 186 g/mol. The van der Waals surface area contributed by atoms with Gasteiger partial charge in [0, 0.05) is 6.54 Å². The molecule has 0 amide bonds. The predicted molar refractivity (Wildman–Crippen MR) is 48.6 cm³/mol. The zero-order valence-corrected chi connectivity index (χ0v) is 7.86. The highest BCUT2D eigenvalue weighted by Gasteiger charge is 2.10. The first-order chi connectivity index (χ1) is 6.59. The summed E-state index contributed by atoms with van der Waals surface area (Å²) in [6.45, 7) is 2.37. The van der Waals surface area contributed by atoms with E-state index in [0.717, 1.165) is 5.76 Å². The number of carboxylic acid groups (broad SMARTS) is 1. The molecule has 1 aromatic rings. The lowest BCUT2D eigenvalue weighted by molar-refractivity contribution is -0.138. The van der Waals surface area contributed by atoms with Crippen LogP contribution in [0, 0.1) is 6.92 Å². The highest BCUT2D eigenvalue weighted by molar-refractivity contribution is 5.73. The molecule has 0 bridgehead atoms. The van der Waals surface area contributed by atoms with E-state index in [9.17, 15) is 4.79 Å². The average molecular weight is 199 g/mol. The molecule has 0 aromatic carbocycles. The number of aryl methyl sites for hydroxylation is 1. The smallest absolute Gasteiger partial charge is 0.321 e. The van der Waals surface area contributed by atoms with E-state index in [0.29, 0.717) is 12.4 Å². The van der Waals surface area contributed by atoms with Crippen molar-refractivity contribution in [2.24, 2.45) is 5.73 Å². The van der Waals surface area contributed by atoms with Gasteiger partial charge in [-0.2, -0.15) is 0 Å². The number of hydrogen-bond donors (Lipinski definition) is 3. The zero-order valence-electron chi connectivity index (χ0n) is 7.86. The summed E-state index contributed by atoms with van der Waals surface area (Å²) in [5, 5.41) is 11.3. The predicted octanol–water partition coefficient (Wildman–Crippen LogP) is -0.515. The first-order valence-corrected chi connectivity index (χ1v) is 4.20. The van der Waals surface area contributed by atoms with E-state index in [4.69, 9.17) is 15.3 Å². The molecule has 1 atom stereocenters. The Morgan fingerprint density at radius 2 is 2.57 bits per heavy atom. The van der Waals surface area contributed by atoms with Gasteiger partial charge in [-0.25, -0.2) is 4.98 Å². The average Bonchev–Trinajstić information content (AvgIpc) is 2.51. The van der Waals surface area contributed by atoms with Crippen molar-refractivity contribution in [2.75, 3.05) is 6.54 Å². The molecule has 4 N–H and O–H groups in total. The van der Waals surface area contributed by atoms with E-state index in [1.165, 1.54) is 0 Å². The van der Waals surface area contributed by atoms with Crippen LogP contribution < -0.4 is 11.1 Å². The Bertz CT molecular complexity index is 311. The Morgan fingerprint density at radius 1 is 1.86 bits per heavy atom. The van der Waals surface area contributed by atoms with Crippen LogP contribution in [0.5, 0.6) is 0 Å². The summed E-state index contributed by atoms with van der Waals surface area (Å²) in [5.41, 5.74) is 5.27. The maximum atomic E-state index is 10.3. The summed E-state index contributed by atoms with van der Waals surface area (Å²) in [6, 6.07) is -0.897. The quantitative estimate of drug-likeness (QED) is 0.590. The summed E-state index contributed by atoms with van der Waals surface area (Å²) in [5.74, 6) is 0.227. The highest BCUT2D eigenvalue weighted by atomic mass is 16.4. The van der Waals surface area contributed by atoms with Crippen molar-refractivity contribution in [2.45, 2.75) is 19.5 Å². The lowest BCUT2D eigenvalue weighted by atomic mass is 10.3. The van der Waals surface area contributed by atoms with Gasteiger partial charge in [0.05, 0.1) is 12.7 Å². The maximum absolute atomic E-state index is 10.3. The molecule has 14 heavy (non-hydrogen) atoms. The molecule has 6 nitrogen and oxygen atoms in total. The van der Waals surface area contributed by atoms with Crippen LogP contribution in [-0.4, -0.2) is 28.6 Å². The van der Waals surface area contributed by atoms with E-state index in [2.05, 4.69) is 10.3 Å². The van der Waals surface area contributed by atoms with E-state index in [-0.39, 0.29) is 6.54 Å². The van der Waals surface area contributed by atoms with Gasteiger partial charge in [-0.05, 0) is 6.92 Å². The van der Waals surface area contributed by atoms with Gasteiger partial charge in [-0.15, -0.1) is 0 Å². The lowest BCUT2D eigenvalue weighted by Gasteiger charge is -2.05. The van der Waals surface area contributed by atoms with Crippen LogP contribution in [0.3, 0.4) is 0 Å². The second-order valence-electron chi connectivity index (χ2n) is 2.94. The van der Waals surface area contributed by atoms with E-state index in [1.807, 2.05) is 0 Å². The molecule has 0 aliphatic heterocycles. The van der Waals surface area contributed by atoms with Gasteiger partial charge in [0.25, 0.3) is 0 Å². The van der Waals surface area contributed by atoms with Gasteiger partial charge in [0.15, 0.2) is 0 Å². The molecule has 0 aliphatic rings. The van der Waals surface area contributed by atoms with Crippen LogP contribution >= 0.6 is 0 Å². The topological polar surface area (TPSA) is 101 Å². The molecule has 0 fully saturated rings. The van der Waals surface area contributed by atoms with Crippen LogP contribution in [0.2, 0.25) is 0 Å². The molecule has 1 aromatic heterocycles. The van der Waals surface area contributed by atoms with E-state index >= 15 is 0 Å². The first-order valence-electron chi connectivity index (χ1n) is 4.20. The molecule has 0 radical (unpaired) electrons. The summed E-state index contributed by atoms with van der Waals surface area (Å²) >= 11 is 0. The lowest BCUT2D eigenvalue weighted by Crippen LogP contribution is -2.40. The van der Waals surface area contributed by atoms with E-state index in [1.54, 1.807) is 13.1 Å². The normalized spacial score (nSPS) is 12.7. The monoisotopic (exact) mass is 199 g/mol. The highest BCUT2D eigenvalue weighted by Crippen LogP contribution is 2.00. The zero-order chi connectivity index (χ0) is 10.6. The Hall–Kier alpha value is -1.40. The summed E-state index contributed by atoms with van der Waals surface area (Å²) in [4.78, 5) is 14.3. The third-order valence-electron chi connectivity index (χ3n) is 1.63. The number of nitrogens with two attached hydrogens (primary N) is 1. The number of nitrogens with one attached hydrogen (secondary N) is 1. The van der Waals surface area contributed by atoms with Crippen molar-refractivity contribution in [3.8, 4) is 0 Å². The fourth-order valence-corrected chi connectivity index (χ4v) is 0.905. The van der Waals surface area contributed by atoms with Crippen LogP contribution in [-0.2, 0) is 11.3 Å². The van der Waals surface area contributed by atoms with Gasteiger partial charge in [-0.1, -0.05) is 0 Å². The van der Waals surface area contributed by atoms with Crippen LogP contribution in [0.4, 0.5) is 0 Å². The first kappa shape index (κ1) is 10.7. The third kappa shape index (κ3) is 3.15. The molecule has 78 valence electrons. The van der Waals surface area contributed by atoms with Gasteiger partial charge < -0.3 is 20.6 Å². The maximum Gasteiger partial charge on any atom is 0.321 e. The SMILES string of the molecule is Cc1cnc(CNCC(N)C(=O)O)o1. The molecule has 1 rings (SSSR count). The van der Waals surface area contributed by atoms with Crippen LogP contribution in [0.15, 0.2) is 10.6 Å². The van der Waals surface area contributed by atoms with Gasteiger partial charge >= 0.3 is 5.97 Å². The molecular formula is C8H13N3O3. The van der Waals surface area contributed by atoms with Crippen LogP contribution in [0.25, 0.3) is 0 Å². The molecule has 0 saturated carbocycles. The summed E-state index contributed by atoms with van der Waals surface area (Å²) in [7, 11) is 0. The fraction of sp³-hybridized carbons (Fsp3) is 0.500. The van der Waals surface area contributed by atoms with Gasteiger partial charge in [-0.3, -0.25) is 4.79 Å². The number of nitrogens with zero attached hydrogens (tertiary/aromatic N) is 1. The van der Waals surface area contributed by atoms with Crippen molar-refractivity contribution in [3.63, 3.8) is 0 Å². The molecule has 6 heteroatoms. The minimum atomic E-state index is -1.03. The Kier molecular flexibility index (Phi) is 3.61. The number of carboxylic acids is 1. The molecule has 1 heterocycles. The van der Waals surface area contributed by atoms with Crippen molar-refractivity contribution < 1.29 is 14.3 Å². The number of aromatic nitrogens is 1. The van der Waals surface area contributed by atoms with Crippen LogP contribution in [0.1, 0.15) is 11.7 Å². The van der Waals surface area contributed by atoms with Crippen molar-refractivity contribution in [3.05, 3.63) is 17.8 Å².